The van der Waals surface area contributed by atoms with E-state index >= 15 is 0 Å². The lowest BCUT2D eigenvalue weighted by atomic mass is 10.3. The highest BCUT2D eigenvalue weighted by Gasteiger charge is 1.99. The van der Waals surface area contributed by atoms with Crippen LogP contribution in [0.25, 0.3) is 0 Å². The zero-order valence-corrected chi connectivity index (χ0v) is 6.23. The van der Waals surface area contributed by atoms with Gasteiger partial charge in [-0.15, -0.1) is 0 Å². The Hall–Kier alpha value is -0.0800. The molecule has 0 spiro atoms. The smallest absolute Gasteiger partial charge is 0.0186 e. The average Bonchev–Trinajstić information content (AvgIpc) is 1.67. The maximum Gasteiger partial charge on any atom is 0.0186 e. The molecule has 0 saturated heterocycles. The van der Waals surface area contributed by atoms with E-state index in [4.69, 9.17) is 0 Å². The summed E-state index contributed by atoms with van der Waals surface area (Å²) in [6.45, 7) is 3.25. The zero-order valence-electron chi connectivity index (χ0n) is 6.23. The second kappa shape index (κ2) is 3.87. The Kier molecular flexibility index (Phi) is 3.83. The maximum atomic E-state index is 3.11. The number of hydrogen-bond acceptors (Lipinski definition) is 2. The van der Waals surface area contributed by atoms with Crippen molar-refractivity contribution in [3.63, 3.8) is 0 Å². The predicted molar refractivity (Wildman–Crippen MR) is 39.2 cm³/mol. The van der Waals surface area contributed by atoms with E-state index in [0.717, 1.165) is 6.54 Å². The summed E-state index contributed by atoms with van der Waals surface area (Å²) < 4.78 is 0. The molecule has 0 aromatic heterocycles. The summed E-state index contributed by atoms with van der Waals surface area (Å²) in [7, 11) is 6.14. The Morgan fingerprint density at radius 1 is 1.62 bits per heavy atom. The Balaban J connectivity index is 0. The van der Waals surface area contributed by atoms with Crippen LogP contribution in [0, 0.1) is 0 Å². The molecule has 1 atom stereocenters. The first-order valence-corrected chi connectivity index (χ1v) is 2.99. The molecule has 52 valence electrons. The normalized spacial score (nSPS) is 14.6. The van der Waals surface area contributed by atoms with Crippen LogP contribution >= 0.6 is 0 Å². The van der Waals surface area contributed by atoms with Crippen LogP contribution < -0.4 is 5.32 Å². The lowest BCUT2D eigenvalue weighted by molar-refractivity contribution is 0.308. The van der Waals surface area contributed by atoms with E-state index in [0.29, 0.717) is 6.04 Å². The Bertz CT molecular complexity index is 57.0. The van der Waals surface area contributed by atoms with Gasteiger partial charge in [0.05, 0.1) is 0 Å². The number of nitrogens with one attached hydrogen (secondary N) is 1. The van der Waals surface area contributed by atoms with Crippen LogP contribution in [0.2, 0.25) is 0 Å². The summed E-state index contributed by atoms with van der Waals surface area (Å²) >= 11 is 0. The van der Waals surface area contributed by atoms with Gasteiger partial charge in [-0.05, 0) is 28.1 Å². The molecule has 0 aromatic carbocycles. The molecule has 1 N–H and O–H groups in total. The third kappa shape index (κ3) is 2.99. The van der Waals surface area contributed by atoms with Gasteiger partial charge >= 0.3 is 0 Å². The van der Waals surface area contributed by atoms with Gasteiger partial charge in [-0.2, -0.15) is 0 Å². The lowest BCUT2D eigenvalue weighted by Gasteiger charge is -2.18. The molecule has 0 radical (unpaired) electrons. The molecule has 0 amide bonds. The van der Waals surface area contributed by atoms with Gasteiger partial charge in [-0.25, -0.2) is 0 Å². The lowest BCUT2D eigenvalue weighted by Crippen LogP contribution is -2.33. The summed E-state index contributed by atoms with van der Waals surface area (Å²) in [5, 5.41) is 3.11. The Morgan fingerprint density at radius 3 is 2.25 bits per heavy atom. The quantitative estimate of drug-likeness (QED) is 0.577. The van der Waals surface area contributed by atoms with Crippen LogP contribution in [0.15, 0.2) is 0 Å². The molecule has 0 fully saturated rings. The van der Waals surface area contributed by atoms with Gasteiger partial charge in [0.1, 0.15) is 0 Å². The zero-order chi connectivity index (χ0) is 6.57. The molecule has 0 rings (SSSR count). The fourth-order valence-corrected chi connectivity index (χ4v) is 0.478. The Morgan fingerprint density at radius 2 is 2.12 bits per heavy atom. The van der Waals surface area contributed by atoms with Crippen molar-refractivity contribution in [1.29, 1.82) is 0 Å². The minimum atomic E-state index is 0. The van der Waals surface area contributed by atoms with Crippen LogP contribution in [0.4, 0.5) is 0 Å². The molecule has 0 aliphatic rings. The first kappa shape index (κ1) is 7.92. The summed E-state index contributed by atoms with van der Waals surface area (Å²) in [5.41, 5.74) is 0. The SMILES string of the molecule is CNCC(C)N(C)C.[HH]. The third-order valence-corrected chi connectivity index (χ3v) is 1.38. The summed E-state index contributed by atoms with van der Waals surface area (Å²) in [6.07, 6.45) is 0. The van der Waals surface area contributed by atoms with Crippen molar-refractivity contribution < 1.29 is 1.43 Å². The molecule has 0 aliphatic carbocycles. The molecular weight excluding hydrogens is 100 g/mol. The average molecular weight is 118 g/mol. The molecular formula is C6H18N2. The molecule has 0 aliphatic heterocycles. The monoisotopic (exact) mass is 118 g/mol. The number of hydrogen-bond donors (Lipinski definition) is 1. The standard InChI is InChI=1S/C6H16N2.H2/c1-6(5-7-2)8(3)4;/h6-7H,5H2,1-4H3;1H. The van der Waals surface area contributed by atoms with E-state index in [1.807, 2.05) is 7.05 Å². The van der Waals surface area contributed by atoms with E-state index < -0.39 is 0 Å². The number of nitrogens with zero attached hydrogens (tertiary/aromatic N) is 1. The first-order valence-electron chi connectivity index (χ1n) is 2.99. The second-order valence-electron chi connectivity index (χ2n) is 2.37. The minimum Gasteiger partial charge on any atom is -0.318 e. The van der Waals surface area contributed by atoms with Crippen molar-refractivity contribution in [2.24, 2.45) is 0 Å². The predicted octanol–water partition coefficient (Wildman–Crippen LogP) is 0.402. The van der Waals surface area contributed by atoms with E-state index in [9.17, 15) is 0 Å². The van der Waals surface area contributed by atoms with Gasteiger partial charge < -0.3 is 10.2 Å². The van der Waals surface area contributed by atoms with E-state index in [-0.39, 0.29) is 1.43 Å². The number of likely N-dealkylation sites (N-methyl/N-ethyl adjacent to an activating group) is 2. The fraction of sp³-hybridized carbons (Fsp3) is 1.00. The van der Waals surface area contributed by atoms with Crippen LogP contribution in [0.5, 0.6) is 0 Å². The van der Waals surface area contributed by atoms with Crippen molar-refractivity contribution in [1.82, 2.24) is 10.2 Å². The topological polar surface area (TPSA) is 15.3 Å². The van der Waals surface area contributed by atoms with E-state index in [1.54, 1.807) is 0 Å². The highest BCUT2D eigenvalue weighted by atomic mass is 15.1. The first-order chi connectivity index (χ1) is 3.68. The largest absolute Gasteiger partial charge is 0.318 e. The molecule has 0 saturated carbocycles. The summed E-state index contributed by atoms with van der Waals surface area (Å²) in [5.74, 6) is 0. The van der Waals surface area contributed by atoms with Crippen molar-refractivity contribution in [3.05, 3.63) is 0 Å². The molecule has 2 heteroatoms. The van der Waals surface area contributed by atoms with Crippen molar-refractivity contribution in [2.45, 2.75) is 13.0 Å². The number of rotatable bonds is 3. The third-order valence-electron chi connectivity index (χ3n) is 1.38. The van der Waals surface area contributed by atoms with Gasteiger partial charge in [0.2, 0.25) is 0 Å². The molecule has 8 heavy (non-hydrogen) atoms. The molecule has 0 aromatic rings. The van der Waals surface area contributed by atoms with Gasteiger partial charge in [-0.3, -0.25) is 0 Å². The Labute approximate surface area is 53.4 Å². The molecule has 0 bridgehead atoms. The van der Waals surface area contributed by atoms with Gasteiger partial charge in [-0.1, -0.05) is 0 Å². The van der Waals surface area contributed by atoms with Crippen molar-refractivity contribution in [3.8, 4) is 0 Å². The van der Waals surface area contributed by atoms with Crippen molar-refractivity contribution in [2.75, 3.05) is 27.7 Å². The van der Waals surface area contributed by atoms with Gasteiger partial charge in [0.15, 0.2) is 0 Å². The van der Waals surface area contributed by atoms with E-state index in [1.165, 1.54) is 0 Å². The fourth-order valence-electron chi connectivity index (χ4n) is 0.478. The summed E-state index contributed by atoms with van der Waals surface area (Å²) in [6, 6.07) is 0.639. The van der Waals surface area contributed by atoms with Crippen molar-refractivity contribution >= 4 is 0 Å². The molecule has 1 unspecified atom stereocenters. The molecule has 0 heterocycles. The van der Waals surface area contributed by atoms with E-state index in [2.05, 4.69) is 31.2 Å². The van der Waals surface area contributed by atoms with Gasteiger partial charge in [0.25, 0.3) is 0 Å². The highest BCUT2D eigenvalue weighted by molar-refractivity contribution is 4.59. The molecule has 2 nitrogen and oxygen atoms in total. The van der Waals surface area contributed by atoms with Crippen LogP contribution in [0.1, 0.15) is 8.35 Å². The van der Waals surface area contributed by atoms with Crippen LogP contribution in [0.3, 0.4) is 0 Å². The van der Waals surface area contributed by atoms with Gasteiger partial charge in [0, 0.05) is 14.0 Å². The highest BCUT2D eigenvalue weighted by Crippen LogP contribution is 1.86. The minimum absolute atomic E-state index is 0. The maximum absolute atomic E-state index is 3.11. The second-order valence-corrected chi connectivity index (χ2v) is 2.37. The summed E-state index contributed by atoms with van der Waals surface area (Å²) in [4.78, 5) is 2.19. The van der Waals surface area contributed by atoms with Crippen LogP contribution in [-0.2, 0) is 0 Å². The van der Waals surface area contributed by atoms with Crippen LogP contribution in [-0.4, -0.2) is 38.6 Å².